The van der Waals surface area contributed by atoms with Crippen molar-refractivity contribution in [2.45, 2.75) is 0 Å². The van der Waals surface area contributed by atoms with Crippen molar-refractivity contribution >= 4 is 31.7 Å². The minimum absolute atomic E-state index is 0.226. The number of rotatable bonds is 2. The molecule has 0 fully saturated rings. The van der Waals surface area contributed by atoms with Gasteiger partial charge in [0, 0.05) is 0 Å². The predicted molar refractivity (Wildman–Crippen MR) is 80.5 cm³/mol. The van der Waals surface area contributed by atoms with Crippen molar-refractivity contribution in [3.05, 3.63) is 57.2 Å². The second-order valence-electron chi connectivity index (χ2n) is 4.68. The number of nitrogens with one attached hydrogen (secondary N) is 2. The van der Waals surface area contributed by atoms with Crippen LogP contribution in [-0.4, -0.2) is 24.3 Å². The molecule has 0 aliphatic carbocycles. The Morgan fingerprint density at radius 2 is 1.71 bits per heavy atom. The SMILES string of the molecule is CS(=O)(=O)Nn1c(=O)[nH]c2cc3ccccc3cc2c1=O. The van der Waals surface area contributed by atoms with E-state index in [0.717, 1.165) is 17.0 Å². The van der Waals surface area contributed by atoms with E-state index in [2.05, 4.69) is 4.98 Å². The van der Waals surface area contributed by atoms with Crippen molar-refractivity contribution in [3.8, 4) is 0 Å². The van der Waals surface area contributed by atoms with E-state index in [1.54, 1.807) is 12.1 Å². The highest BCUT2D eigenvalue weighted by molar-refractivity contribution is 7.91. The zero-order valence-corrected chi connectivity index (χ0v) is 11.8. The molecule has 0 saturated carbocycles. The average molecular weight is 305 g/mol. The molecule has 0 spiro atoms. The van der Waals surface area contributed by atoms with Gasteiger partial charge >= 0.3 is 5.69 Å². The first-order chi connectivity index (χ1) is 9.85. The maximum absolute atomic E-state index is 12.3. The van der Waals surface area contributed by atoms with Crippen LogP contribution >= 0.6 is 0 Å². The van der Waals surface area contributed by atoms with E-state index >= 15 is 0 Å². The number of H-pyrrole nitrogens is 1. The van der Waals surface area contributed by atoms with Gasteiger partial charge in [-0.25, -0.2) is 18.0 Å². The van der Waals surface area contributed by atoms with Gasteiger partial charge in [0.15, 0.2) is 0 Å². The van der Waals surface area contributed by atoms with Gasteiger partial charge < -0.3 is 4.98 Å². The molecule has 2 aromatic carbocycles. The van der Waals surface area contributed by atoms with Gasteiger partial charge in [-0.3, -0.25) is 4.79 Å². The summed E-state index contributed by atoms with van der Waals surface area (Å²) in [5.74, 6) is 0. The van der Waals surface area contributed by atoms with E-state index < -0.39 is 21.3 Å². The highest BCUT2D eigenvalue weighted by Gasteiger charge is 2.11. The molecular formula is C13H11N3O4S. The van der Waals surface area contributed by atoms with Crippen LogP contribution in [0.4, 0.5) is 0 Å². The number of benzene rings is 2. The second kappa shape index (κ2) is 4.45. The van der Waals surface area contributed by atoms with Crippen molar-refractivity contribution in [2.24, 2.45) is 0 Å². The van der Waals surface area contributed by atoms with E-state index in [1.165, 1.54) is 0 Å². The molecule has 0 aliphatic rings. The molecule has 0 saturated heterocycles. The normalized spacial score (nSPS) is 11.9. The Bertz CT molecular complexity index is 1080. The molecule has 108 valence electrons. The Hall–Kier alpha value is -2.61. The Balaban J connectivity index is 2.41. The van der Waals surface area contributed by atoms with Gasteiger partial charge in [-0.15, -0.1) is 0 Å². The molecule has 0 atom stereocenters. The molecule has 0 amide bonds. The third-order valence-electron chi connectivity index (χ3n) is 3.02. The van der Waals surface area contributed by atoms with Gasteiger partial charge in [-0.2, -0.15) is 4.68 Å². The van der Waals surface area contributed by atoms with Crippen molar-refractivity contribution in [2.75, 3.05) is 11.1 Å². The van der Waals surface area contributed by atoms with E-state index in [-0.39, 0.29) is 5.39 Å². The molecule has 0 radical (unpaired) electrons. The molecule has 2 N–H and O–H groups in total. The fourth-order valence-electron chi connectivity index (χ4n) is 2.15. The van der Waals surface area contributed by atoms with Crippen LogP contribution in [0.25, 0.3) is 21.7 Å². The van der Waals surface area contributed by atoms with Gasteiger partial charge in [0.05, 0.1) is 17.2 Å². The number of hydrogen-bond acceptors (Lipinski definition) is 4. The summed E-state index contributed by atoms with van der Waals surface area (Å²) in [7, 11) is -3.74. The predicted octanol–water partition coefficient (Wildman–Crippen LogP) is 0.346. The van der Waals surface area contributed by atoms with Crippen LogP contribution in [0.1, 0.15) is 0 Å². The van der Waals surface area contributed by atoms with Gasteiger partial charge in [-0.05, 0) is 22.9 Å². The first-order valence-corrected chi connectivity index (χ1v) is 7.90. The summed E-state index contributed by atoms with van der Waals surface area (Å²) < 4.78 is 22.9. The van der Waals surface area contributed by atoms with Crippen molar-refractivity contribution in [1.82, 2.24) is 9.66 Å². The number of fused-ring (bicyclic) bond motifs is 2. The van der Waals surface area contributed by atoms with Crippen LogP contribution in [0.5, 0.6) is 0 Å². The zero-order chi connectivity index (χ0) is 15.2. The molecule has 1 aromatic heterocycles. The van der Waals surface area contributed by atoms with Crippen molar-refractivity contribution in [3.63, 3.8) is 0 Å². The maximum Gasteiger partial charge on any atom is 0.348 e. The molecule has 8 heteroatoms. The van der Waals surface area contributed by atoms with E-state index in [1.807, 2.05) is 29.1 Å². The van der Waals surface area contributed by atoms with Crippen LogP contribution in [0, 0.1) is 0 Å². The lowest BCUT2D eigenvalue weighted by Gasteiger charge is -2.08. The van der Waals surface area contributed by atoms with Crippen LogP contribution in [0.3, 0.4) is 0 Å². The quantitative estimate of drug-likeness (QED) is 0.667. The Labute approximate surface area is 118 Å². The number of nitrogens with zero attached hydrogens (tertiary/aromatic N) is 1. The largest absolute Gasteiger partial charge is 0.348 e. The highest BCUT2D eigenvalue weighted by atomic mass is 32.2. The average Bonchev–Trinajstić information content (AvgIpc) is 2.41. The Kier molecular flexibility index (Phi) is 2.84. The molecule has 0 unspecified atom stereocenters. The van der Waals surface area contributed by atoms with Crippen LogP contribution in [0.15, 0.2) is 46.0 Å². The standard InChI is InChI=1S/C13H11N3O4S/c1-21(19,20)15-16-12(17)10-6-8-4-2-3-5-9(8)7-11(10)14-13(16)18/h2-7,15H,1H3,(H,14,18). The van der Waals surface area contributed by atoms with Gasteiger partial charge in [0.1, 0.15) is 0 Å². The highest BCUT2D eigenvalue weighted by Crippen LogP contribution is 2.18. The zero-order valence-electron chi connectivity index (χ0n) is 11.0. The number of sulfonamides is 1. The summed E-state index contributed by atoms with van der Waals surface area (Å²) in [5, 5.41) is 1.92. The topological polar surface area (TPSA) is 101 Å². The van der Waals surface area contributed by atoms with Crippen molar-refractivity contribution in [1.29, 1.82) is 0 Å². The molecule has 0 aliphatic heterocycles. The molecule has 0 bridgehead atoms. The second-order valence-corrected chi connectivity index (χ2v) is 6.41. The summed E-state index contributed by atoms with van der Waals surface area (Å²) in [4.78, 5) is 28.5. The van der Waals surface area contributed by atoms with Crippen molar-refractivity contribution < 1.29 is 8.42 Å². The fourth-order valence-corrected chi connectivity index (χ4v) is 2.65. The smallest absolute Gasteiger partial charge is 0.305 e. The Morgan fingerprint density at radius 3 is 2.33 bits per heavy atom. The molecule has 3 rings (SSSR count). The van der Waals surface area contributed by atoms with Gasteiger partial charge in [0.25, 0.3) is 5.56 Å². The van der Waals surface area contributed by atoms with Crippen LogP contribution < -0.4 is 16.1 Å². The molecule has 3 aromatic rings. The minimum atomic E-state index is -3.74. The summed E-state index contributed by atoms with van der Waals surface area (Å²) in [6.45, 7) is 0. The van der Waals surface area contributed by atoms with Crippen LogP contribution in [0.2, 0.25) is 0 Å². The van der Waals surface area contributed by atoms with Gasteiger partial charge in [-0.1, -0.05) is 24.3 Å². The first-order valence-electron chi connectivity index (χ1n) is 6.01. The lowest BCUT2D eigenvalue weighted by molar-refractivity contribution is 0.598. The summed E-state index contributed by atoms with van der Waals surface area (Å²) in [6.07, 6.45) is 0.865. The molecular weight excluding hydrogens is 294 g/mol. The first kappa shape index (κ1) is 13.4. The molecule has 7 nitrogen and oxygen atoms in total. The number of aromatic nitrogens is 2. The summed E-state index contributed by atoms with van der Waals surface area (Å²) in [6, 6.07) is 10.6. The number of hydrogen-bond donors (Lipinski definition) is 2. The lowest BCUT2D eigenvalue weighted by Crippen LogP contribution is -2.43. The minimum Gasteiger partial charge on any atom is -0.305 e. The number of aromatic amines is 1. The molecule has 21 heavy (non-hydrogen) atoms. The molecule has 1 heterocycles. The van der Waals surface area contributed by atoms with E-state index in [4.69, 9.17) is 0 Å². The van der Waals surface area contributed by atoms with Crippen LogP contribution in [-0.2, 0) is 10.0 Å². The Morgan fingerprint density at radius 1 is 1.10 bits per heavy atom. The van der Waals surface area contributed by atoms with E-state index in [0.29, 0.717) is 10.2 Å². The van der Waals surface area contributed by atoms with Gasteiger partial charge in [0.2, 0.25) is 10.0 Å². The lowest BCUT2D eigenvalue weighted by atomic mass is 10.1. The third kappa shape index (κ3) is 2.40. The third-order valence-corrected chi connectivity index (χ3v) is 3.54. The maximum atomic E-state index is 12.3. The monoisotopic (exact) mass is 305 g/mol. The fraction of sp³-hybridized carbons (Fsp3) is 0.0769. The summed E-state index contributed by atoms with van der Waals surface area (Å²) >= 11 is 0. The van der Waals surface area contributed by atoms with E-state index in [9.17, 15) is 18.0 Å². The summed E-state index contributed by atoms with van der Waals surface area (Å²) in [5.41, 5.74) is -1.20.